The van der Waals surface area contributed by atoms with E-state index < -0.39 is 0 Å². The van der Waals surface area contributed by atoms with Gasteiger partial charge >= 0.3 is 0 Å². The Hall–Kier alpha value is -0.260. The molecule has 0 aromatic rings. The summed E-state index contributed by atoms with van der Waals surface area (Å²) < 4.78 is 0. The van der Waals surface area contributed by atoms with Crippen LogP contribution in [0.1, 0.15) is 39.5 Å². The molecule has 0 aliphatic heterocycles. The van der Waals surface area contributed by atoms with Crippen molar-refractivity contribution < 1.29 is 0 Å². The van der Waals surface area contributed by atoms with Crippen LogP contribution < -0.4 is 0 Å². The highest BCUT2D eigenvalue weighted by molar-refractivity contribution is 4.87. The normalized spacial score (nSPS) is 23.8. The second kappa shape index (κ2) is 2.77. The molecule has 0 N–H and O–H groups in total. The second-order valence-electron chi connectivity index (χ2n) is 4.30. The fraction of sp³-hybridized carbons (Fsp3) is 0.800. The number of hydrogen-bond acceptors (Lipinski definition) is 0. The lowest BCUT2D eigenvalue weighted by molar-refractivity contribution is 0.0907. The molecule has 0 spiro atoms. The van der Waals surface area contributed by atoms with Crippen LogP contribution in [0.5, 0.6) is 0 Å². The Bertz CT molecular complexity index is 114. The van der Waals surface area contributed by atoms with Gasteiger partial charge in [0.2, 0.25) is 0 Å². The summed E-state index contributed by atoms with van der Waals surface area (Å²) in [7, 11) is 0. The average molecular weight is 138 g/mol. The van der Waals surface area contributed by atoms with Crippen molar-refractivity contribution in [1.29, 1.82) is 0 Å². The summed E-state index contributed by atoms with van der Waals surface area (Å²) in [6.45, 7) is 8.44. The monoisotopic (exact) mass is 138 g/mol. The van der Waals surface area contributed by atoms with Crippen LogP contribution in [0.2, 0.25) is 0 Å². The molecule has 0 unspecified atom stereocenters. The zero-order chi connectivity index (χ0) is 7.61. The van der Waals surface area contributed by atoms with E-state index in [-0.39, 0.29) is 0 Å². The van der Waals surface area contributed by atoms with E-state index in [4.69, 9.17) is 0 Å². The molecule has 10 heavy (non-hydrogen) atoms. The van der Waals surface area contributed by atoms with Gasteiger partial charge in [0.1, 0.15) is 0 Å². The molecule has 58 valence electrons. The van der Waals surface area contributed by atoms with Crippen molar-refractivity contribution in [1.82, 2.24) is 0 Å². The molecule has 0 aromatic heterocycles. The third-order valence-corrected chi connectivity index (χ3v) is 2.46. The first-order chi connectivity index (χ1) is 4.64. The molecule has 1 aliphatic carbocycles. The van der Waals surface area contributed by atoms with Gasteiger partial charge in [-0.15, -0.1) is 6.58 Å². The second-order valence-corrected chi connectivity index (χ2v) is 4.30. The first kappa shape index (κ1) is 7.84. The summed E-state index contributed by atoms with van der Waals surface area (Å²) in [6, 6.07) is 0. The van der Waals surface area contributed by atoms with Crippen LogP contribution in [0.3, 0.4) is 0 Å². The molecule has 0 bridgehead atoms. The Balaban J connectivity index is 2.08. The van der Waals surface area contributed by atoms with E-state index in [1.54, 1.807) is 0 Å². The minimum absolute atomic E-state index is 0.659. The van der Waals surface area contributed by atoms with Crippen LogP contribution in [-0.4, -0.2) is 0 Å². The molecule has 1 saturated carbocycles. The summed E-state index contributed by atoms with van der Waals surface area (Å²) >= 11 is 0. The minimum Gasteiger partial charge on any atom is -0.103 e. The molecule has 0 saturated heterocycles. The molecular weight excluding hydrogens is 120 g/mol. The SMILES string of the molecule is C=CCCC1CC(C)(C)C1. The quantitative estimate of drug-likeness (QED) is 0.524. The van der Waals surface area contributed by atoms with Crippen molar-refractivity contribution in [3.8, 4) is 0 Å². The maximum absolute atomic E-state index is 3.73. The lowest BCUT2D eigenvalue weighted by Gasteiger charge is -2.42. The van der Waals surface area contributed by atoms with Crippen molar-refractivity contribution in [2.24, 2.45) is 11.3 Å². The molecule has 0 amide bonds. The van der Waals surface area contributed by atoms with E-state index in [1.165, 1.54) is 25.7 Å². The largest absolute Gasteiger partial charge is 0.103 e. The Kier molecular flexibility index (Phi) is 2.18. The zero-order valence-electron chi connectivity index (χ0n) is 7.19. The van der Waals surface area contributed by atoms with E-state index in [0.29, 0.717) is 5.41 Å². The molecule has 1 aliphatic rings. The predicted molar refractivity (Wildman–Crippen MR) is 45.9 cm³/mol. The maximum atomic E-state index is 3.73. The summed E-state index contributed by atoms with van der Waals surface area (Å²) in [5.41, 5.74) is 0.659. The highest BCUT2D eigenvalue weighted by Gasteiger charge is 2.34. The number of allylic oxidation sites excluding steroid dienone is 1. The van der Waals surface area contributed by atoms with Gasteiger partial charge in [0.25, 0.3) is 0 Å². The van der Waals surface area contributed by atoms with E-state index in [0.717, 1.165) is 5.92 Å². The lowest BCUT2D eigenvalue weighted by Crippen LogP contribution is -2.31. The standard InChI is InChI=1S/C10H18/c1-4-5-6-9-7-10(2,3)8-9/h4,9H,1,5-8H2,2-3H3. The molecule has 0 radical (unpaired) electrons. The molecule has 0 atom stereocenters. The van der Waals surface area contributed by atoms with Crippen LogP contribution in [0.25, 0.3) is 0 Å². The smallest absolute Gasteiger partial charge is 0.0349 e. The van der Waals surface area contributed by atoms with Crippen LogP contribution in [0, 0.1) is 11.3 Å². The van der Waals surface area contributed by atoms with Gasteiger partial charge < -0.3 is 0 Å². The third-order valence-electron chi connectivity index (χ3n) is 2.46. The molecule has 0 aromatic carbocycles. The summed E-state index contributed by atoms with van der Waals surface area (Å²) in [4.78, 5) is 0. The number of rotatable bonds is 3. The van der Waals surface area contributed by atoms with Crippen LogP contribution in [0.15, 0.2) is 12.7 Å². The van der Waals surface area contributed by atoms with Gasteiger partial charge in [-0.05, 0) is 37.0 Å². The first-order valence-electron chi connectivity index (χ1n) is 4.25. The van der Waals surface area contributed by atoms with Crippen molar-refractivity contribution in [3.63, 3.8) is 0 Å². The fourth-order valence-electron chi connectivity index (χ4n) is 2.06. The molecule has 1 rings (SSSR count). The summed E-state index contributed by atoms with van der Waals surface area (Å²) in [5, 5.41) is 0. The highest BCUT2D eigenvalue weighted by atomic mass is 14.4. The van der Waals surface area contributed by atoms with E-state index >= 15 is 0 Å². The van der Waals surface area contributed by atoms with Gasteiger partial charge in [-0.25, -0.2) is 0 Å². The topological polar surface area (TPSA) is 0 Å². The summed E-state index contributed by atoms with van der Waals surface area (Å²) in [6.07, 6.45) is 7.47. The minimum atomic E-state index is 0.659. The Morgan fingerprint density at radius 3 is 2.50 bits per heavy atom. The zero-order valence-corrected chi connectivity index (χ0v) is 7.19. The fourth-order valence-corrected chi connectivity index (χ4v) is 2.06. The van der Waals surface area contributed by atoms with Crippen LogP contribution >= 0.6 is 0 Å². The maximum Gasteiger partial charge on any atom is -0.0349 e. The summed E-state index contributed by atoms with van der Waals surface area (Å²) in [5.74, 6) is 1.01. The van der Waals surface area contributed by atoms with Crippen molar-refractivity contribution in [2.45, 2.75) is 39.5 Å². The Labute approximate surface area is 64.3 Å². The molecular formula is C10H18. The van der Waals surface area contributed by atoms with E-state index in [2.05, 4.69) is 20.4 Å². The number of hydrogen-bond donors (Lipinski definition) is 0. The van der Waals surface area contributed by atoms with Gasteiger partial charge in [-0.3, -0.25) is 0 Å². The van der Waals surface area contributed by atoms with Gasteiger partial charge in [0.05, 0.1) is 0 Å². The average Bonchev–Trinajstić information content (AvgIpc) is 1.78. The lowest BCUT2D eigenvalue weighted by atomic mass is 9.63. The Morgan fingerprint density at radius 1 is 1.50 bits per heavy atom. The first-order valence-corrected chi connectivity index (χ1v) is 4.25. The van der Waals surface area contributed by atoms with Crippen LogP contribution in [0.4, 0.5) is 0 Å². The molecule has 0 nitrogen and oxygen atoms in total. The van der Waals surface area contributed by atoms with Gasteiger partial charge in [0, 0.05) is 0 Å². The van der Waals surface area contributed by atoms with Crippen molar-refractivity contribution >= 4 is 0 Å². The van der Waals surface area contributed by atoms with Gasteiger partial charge in [-0.1, -0.05) is 19.9 Å². The molecule has 1 fully saturated rings. The van der Waals surface area contributed by atoms with Crippen molar-refractivity contribution in [2.75, 3.05) is 0 Å². The van der Waals surface area contributed by atoms with Gasteiger partial charge in [0.15, 0.2) is 0 Å². The van der Waals surface area contributed by atoms with Gasteiger partial charge in [-0.2, -0.15) is 0 Å². The van der Waals surface area contributed by atoms with E-state index in [9.17, 15) is 0 Å². The van der Waals surface area contributed by atoms with E-state index in [1.807, 2.05) is 6.08 Å². The predicted octanol–water partition coefficient (Wildman–Crippen LogP) is 3.39. The molecule has 0 heteroatoms. The van der Waals surface area contributed by atoms with Crippen molar-refractivity contribution in [3.05, 3.63) is 12.7 Å². The van der Waals surface area contributed by atoms with Crippen LogP contribution in [-0.2, 0) is 0 Å². The molecule has 0 heterocycles. The third kappa shape index (κ3) is 1.86. The Morgan fingerprint density at radius 2 is 2.10 bits per heavy atom. The highest BCUT2D eigenvalue weighted by Crippen LogP contribution is 2.46.